The molecule has 174 valence electrons. The molecule has 4 aromatic heterocycles. The van der Waals surface area contributed by atoms with E-state index in [2.05, 4.69) is 40.8 Å². The monoisotopic (exact) mass is 455 g/mol. The number of Topliss-reactive ketones (excluding diaryl/α,β-unsaturated/α-hetero) is 1. The molecule has 5 rings (SSSR count). The van der Waals surface area contributed by atoms with Crippen LogP contribution in [0.1, 0.15) is 34.7 Å². The lowest BCUT2D eigenvalue weighted by atomic mass is 10.1. The van der Waals surface area contributed by atoms with Gasteiger partial charge in [-0.15, -0.1) is 0 Å². The van der Waals surface area contributed by atoms with Crippen molar-refractivity contribution in [3.05, 3.63) is 66.1 Å². The molecule has 0 radical (unpaired) electrons. The Labute approximate surface area is 199 Å². The van der Waals surface area contributed by atoms with Gasteiger partial charge in [0.25, 0.3) is 0 Å². The molecule has 4 aromatic rings. The number of aryl methyl sites for hydroxylation is 1. The van der Waals surface area contributed by atoms with Gasteiger partial charge < -0.3 is 14.8 Å². The predicted octanol–water partition coefficient (Wildman–Crippen LogP) is 3.62. The second-order valence-corrected chi connectivity index (χ2v) is 9.02. The first-order chi connectivity index (χ1) is 16.6. The number of rotatable bonds is 8. The van der Waals surface area contributed by atoms with Crippen LogP contribution in [0.15, 0.2) is 49.1 Å². The molecule has 0 unspecified atom stereocenters. The van der Waals surface area contributed by atoms with E-state index in [-0.39, 0.29) is 12.2 Å². The Bertz CT molecular complexity index is 1330. The maximum atomic E-state index is 13.0. The van der Waals surface area contributed by atoms with E-state index >= 15 is 0 Å². The lowest BCUT2D eigenvalue weighted by Gasteiger charge is -2.16. The Balaban J connectivity index is 1.34. The predicted molar refractivity (Wildman–Crippen MR) is 133 cm³/mol. The summed E-state index contributed by atoms with van der Waals surface area (Å²) in [7, 11) is 4.04. The van der Waals surface area contributed by atoms with Gasteiger partial charge in [-0.3, -0.25) is 14.8 Å². The van der Waals surface area contributed by atoms with Crippen LogP contribution in [0.2, 0.25) is 0 Å². The maximum Gasteiger partial charge on any atom is 0.169 e. The third kappa shape index (κ3) is 4.82. The fourth-order valence-corrected chi connectivity index (χ4v) is 4.32. The fraction of sp³-hybridized carbons (Fsp3) is 0.346. The largest absolute Gasteiger partial charge is 0.369 e. The average Bonchev–Trinajstić information content (AvgIpc) is 3.28. The lowest BCUT2D eigenvalue weighted by Crippen LogP contribution is -2.21. The molecule has 1 aliphatic rings. The number of carbonyl (C=O) groups excluding carboxylic acids is 1. The van der Waals surface area contributed by atoms with Crippen molar-refractivity contribution >= 4 is 22.4 Å². The number of carbonyl (C=O) groups is 1. The van der Waals surface area contributed by atoms with Crippen molar-refractivity contribution in [2.24, 2.45) is 0 Å². The third-order valence-electron chi connectivity index (χ3n) is 6.18. The molecule has 34 heavy (non-hydrogen) atoms. The number of anilines is 1. The smallest absolute Gasteiger partial charge is 0.169 e. The van der Waals surface area contributed by atoms with Crippen molar-refractivity contribution < 1.29 is 4.79 Å². The normalized spacial score (nSPS) is 13.3. The van der Waals surface area contributed by atoms with Crippen LogP contribution >= 0.6 is 0 Å². The number of likely N-dealkylation sites (N-methyl/N-ethyl adjacent to an activating group) is 1. The zero-order valence-electron chi connectivity index (χ0n) is 19.7. The minimum Gasteiger partial charge on any atom is -0.369 e. The maximum absolute atomic E-state index is 13.0. The van der Waals surface area contributed by atoms with Crippen molar-refractivity contribution in [1.29, 1.82) is 0 Å². The summed E-state index contributed by atoms with van der Waals surface area (Å²) in [6.07, 6.45) is 10.8. The van der Waals surface area contributed by atoms with Gasteiger partial charge in [-0.25, -0.2) is 9.97 Å². The van der Waals surface area contributed by atoms with Gasteiger partial charge in [0.1, 0.15) is 11.6 Å². The van der Waals surface area contributed by atoms with Gasteiger partial charge in [-0.2, -0.15) is 0 Å². The van der Waals surface area contributed by atoms with Gasteiger partial charge in [0, 0.05) is 61.3 Å². The molecule has 8 nitrogen and oxygen atoms in total. The zero-order chi connectivity index (χ0) is 23.5. The summed E-state index contributed by atoms with van der Waals surface area (Å²) in [5.41, 5.74) is 3.32. The lowest BCUT2D eigenvalue weighted by molar-refractivity contribution is 0.0992. The summed E-state index contributed by atoms with van der Waals surface area (Å²) in [6, 6.07) is 7.63. The van der Waals surface area contributed by atoms with Crippen molar-refractivity contribution in [2.75, 3.05) is 32.5 Å². The number of fused-ring (bicyclic) bond motifs is 2. The first-order valence-corrected chi connectivity index (χ1v) is 11.7. The van der Waals surface area contributed by atoms with Crippen LogP contribution in [-0.2, 0) is 19.4 Å². The molecule has 0 amide bonds. The number of pyridine rings is 3. The first kappa shape index (κ1) is 22.2. The van der Waals surface area contributed by atoms with Crippen LogP contribution in [0.5, 0.6) is 0 Å². The van der Waals surface area contributed by atoms with Crippen molar-refractivity contribution in [1.82, 2.24) is 29.4 Å². The highest BCUT2D eigenvalue weighted by Gasteiger charge is 2.16. The highest BCUT2D eigenvalue weighted by molar-refractivity contribution is 5.98. The minimum absolute atomic E-state index is 0.0176. The van der Waals surface area contributed by atoms with Gasteiger partial charge in [0.2, 0.25) is 0 Å². The van der Waals surface area contributed by atoms with E-state index in [9.17, 15) is 4.79 Å². The van der Waals surface area contributed by atoms with Crippen molar-refractivity contribution in [2.45, 2.75) is 32.2 Å². The Morgan fingerprint density at radius 3 is 2.79 bits per heavy atom. The molecule has 0 bridgehead atoms. The SMILES string of the molecule is CN(C)CCNc1cc(C(=O)Cc2cc3cc(-c4cnc5n4CCCC5)ncc3cn2)ccn1. The number of ketones is 1. The Morgan fingerprint density at radius 2 is 1.91 bits per heavy atom. The highest BCUT2D eigenvalue weighted by atomic mass is 16.1. The molecule has 0 fully saturated rings. The third-order valence-corrected chi connectivity index (χ3v) is 6.18. The average molecular weight is 456 g/mol. The molecule has 0 aromatic carbocycles. The van der Waals surface area contributed by atoms with Crippen molar-refractivity contribution in [3.8, 4) is 11.4 Å². The summed E-state index contributed by atoms with van der Waals surface area (Å²) in [5.74, 6) is 1.86. The van der Waals surface area contributed by atoms with Gasteiger partial charge in [0.05, 0.1) is 24.0 Å². The molecule has 0 atom stereocenters. The number of aromatic nitrogens is 5. The Hall–Kier alpha value is -3.65. The van der Waals surface area contributed by atoms with Crippen LogP contribution in [-0.4, -0.2) is 62.4 Å². The van der Waals surface area contributed by atoms with Crippen LogP contribution in [0.4, 0.5) is 5.82 Å². The fourth-order valence-electron chi connectivity index (χ4n) is 4.32. The van der Waals surface area contributed by atoms with E-state index in [1.54, 1.807) is 18.5 Å². The Morgan fingerprint density at radius 1 is 1.03 bits per heavy atom. The number of hydrogen-bond donors (Lipinski definition) is 1. The van der Waals surface area contributed by atoms with Crippen LogP contribution < -0.4 is 5.32 Å². The number of imidazole rings is 1. The summed E-state index contributed by atoms with van der Waals surface area (Å²) < 4.78 is 2.27. The van der Waals surface area contributed by atoms with Gasteiger partial charge in [0.15, 0.2) is 5.78 Å². The second-order valence-electron chi connectivity index (χ2n) is 9.02. The summed E-state index contributed by atoms with van der Waals surface area (Å²) in [6.45, 7) is 2.64. The molecular weight excluding hydrogens is 426 g/mol. The van der Waals surface area contributed by atoms with Crippen molar-refractivity contribution in [3.63, 3.8) is 0 Å². The first-order valence-electron chi connectivity index (χ1n) is 11.7. The molecule has 1 N–H and O–H groups in total. The van der Waals surface area contributed by atoms with E-state index < -0.39 is 0 Å². The molecule has 0 spiro atoms. The molecule has 1 aliphatic heterocycles. The van der Waals surface area contributed by atoms with Gasteiger partial charge in [-0.1, -0.05) is 0 Å². The molecule has 8 heteroatoms. The second kappa shape index (κ2) is 9.69. The topological polar surface area (TPSA) is 88.8 Å². The summed E-state index contributed by atoms with van der Waals surface area (Å²) in [5, 5.41) is 5.24. The van der Waals surface area contributed by atoms with E-state index in [1.165, 1.54) is 12.8 Å². The summed E-state index contributed by atoms with van der Waals surface area (Å²) in [4.78, 5) is 33.1. The summed E-state index contributed by atoms with van der Waals surface area (Å²) >= 11 is 0. The van der Waals surface area contributed by atoms with E-state index in [4.69, 9.17) is 0 Å². The van der Waals surface area contributed by atoms with Crippen LogP contribution in [0, 0.1) is 0 Å². The van der Waals surface area contributed by atoms with Crippen LogP contribution in [0.25, 0.3) is 22.2 Å². The molecule has 0 saturated carbocycles. The molecular formula is C26H29N7O. The molecule has 0 saturated heterocycles. The van der Waals surface area contributed by atoms with Gasteiger partial charge >= 0.3 is 0 Å². The van der Waals surface area contributed by atoms with E-state index in [0.29, 0.717) is 11.4 Å². The molecule has 0 aliphatic carbocycles. The van der Waals surface area contributed by atoms with Crippen LogP contribution in [0.3, 0.4) is 0 Å². The zero-order valence-corrected chi connectivity index (χ0v) is 19.7. The standard InChI is InChI=1S/C26H29N7O/c1-32(2)10-8-28-25-13-18(6-7-27-25)24(34)14-21-11-19-12-22(30-16-20(19)15-29-21)23-17-31-26-5-3-4-9-33(23)26/h6-7,11-13,15-17H,3-5,8-10,14H2,1-2H3,(H,27,28). The van der Waals surface area contributed by atoms with E-state index in [1.807, 2.05) is 38.6 Å². The van der Waals surface area contributed by atoms with E-state index in [0.717, 1.165) is 59.7 Å². The number of hydrogen-bond acceptors (Lipinski definition) is 7. The minimum atomic E-state index is 0.0176. The number of nitrogens with zero attached hydrogens (tertiary/aromatic N) is 6. The number of nitrogens with one attached hydrogen (secondary N) is 1. The highest BCUT2D eigenvalue weighted by Crippen LogP contribution is 2.26. The Kier molecular flexibility index (Phi) is 6.31. The quantitative estimate of drug-likeness (QED) is 0.406. The van der Waals surface area contributed by atoms with Gasteiger partial charge in [-0.05, 0) is 56.6 Å². The molecule has 5 heterocycles.